The molecule has 2 aromatic rings. The molecule has 3 rings (SSSR count). The van der Waals surface area contributed by atoms with Crippen LogP contribution in [0.15, 0.2) is 30.5 Å². The third-order valence-electron chi connectivity index (χ3n) is 5.41. The maximum Gasteiger partial charge on any atom is 0.276 e. The van der Waals surface area contributed by atoms with E-state index in [1.54, 1.807) is 10.9 Å². The molecule has 8 heteroatoms. The number of nitrogens with zero attached hydrogens (tertiary/aromatic N) is 5. The number of aryl methyl sites for hydroxylation is 1. The number of carbonyl (C=O) groups excluding carboxylic acids is 2. The zero-order valence-corrected chi connectivity index (χ0v) is 18.4. The number of hydrogen-bond donors (Lipinski definition) is 1. The highest BCUT2D eigenvalue weighted by atomic mass is 16.2. The Morgan fingerprint density at radius 3 is 2.37 bits per heavy atom. The van der Waals surface area contributed by atoms with Crippen molar-refractivity contribution in [3.05, 3.63) is 47.3 Å². The number of amides is 2. The first kappa shape index (κ1) is 22.0. The van der Waals surface area contributed by atoms with Crippen LogP contribution in [0.5, 0.6) is 0 Å². The SMILES string of the molecule is CN1CCN(C(=O)c2cn(CCCNC(=O)c3ccc(C(C)(C)C)cc3)nn2)CC1. The van der Waals surface area contributed by atoms with Gasteiger partial charge in [0.15, 0.2) is 5.69 Å². The van der Waals surface area contributed by atoms with Crippen LogP contribution in [0.2, 0.25) is 0 Å². The van der Waals surface area contributed by atoms with Gasteiger partial charge in [-0.15, -0.1) is 5.10 Å². The Kier molecular flexibility index (Phi) is 6.87. The molecule has 2 heterocycles. The molecule has 162 valence electrons. The van der Waals surface area contributed by atoms with Gasteiger partial charge in [-0.25, -0.2) is 0 Å². The summed E-state index contributed by atoms with van der Waals surface area (Å²) in [5.74, 6) is -0.152. The van der Waals surface area contributed by atoms with E-state index in [1.807, 2.05) is 29.2 Å². The molecule has 30 heavy (non-hydrogen) atoms. The predicted octanol–water partition coefficient (Wildman–Crippen LogP) is 1.78. The van der Waals surface area contributed by atoms with Gasteiger partial charge in [-0.2, -0.15) is 0 Å². The van der Waals surface area contributed by atoms with Crippen molar-refractivity contribution in [3.63, 3.8) is 0 Å². The van der Waals surface area contributed by atoms with Gasteiger partial charge in [0, 0.05) is 44.8 Å². The summed E-state index contributed by atoms with van der Waals surface area (Å²) in [5.41, 5.74) is 2.30. The fourth-order valence-corrected chi connectivity index (χ4v) is 3.34. The van der Waals surface area contributed by atoms with Gasteiger partial charge in [0.2, 0.25) is 0 Å². The van der Waals surface area contributed by atoms with E-state index < -0.39 is 0 Å². The fraction of sp³-hybridized carbons (Fsp3) is 0.545. The maximum atomic E-state index is 12.5. The lowest BCUT2D eigenvalue weighted by atomic mass is 9.87. The zero-order valence-electron chi connectivity index (χ0n) is 18.4. The van der Waals surface area contributed by atoms with Crippen LogP contribution >= 0.6 is 0 Å². The predicted molar refractivity (Wildman–Crippen MR) is 116 cm³/mol. The first-order valence-corrected chi connectivity index (χ1v) is 10.5. The van der Waals surface area contributed by atoms with Gasteiger partial charge in [0.05, 0.1) is 6.20 Å². The second kappa shape index (κ2) is 9.38. The Morgan fingerprint density at radius 1 is 1.07 bits per heavy atom. The summed E-state index contributed by atoms with van der Waals surface area (Å²) in [6.45, 7) is 10.7. The van der Waals surface area contributed by atoms with Crippen molar-refractivity contribution in [1.29, 1.82) is 0 Å². The number of rotatable bonds is 6. The van der Waals surface area contributed by atoms with Crippen LogP contribution in [0.25, 0.3) is 0 Å². The van der Waals surface area contributed by atoms with E-state index in [4.69, 9.17) is 0 Å². The quantitative estimate of drug-likeness (QED) is 0.732. The number of likely N-dealkylation sites (N-methyl/N-ethyl adjacent to an activating group) is 1. The second-order valence-electron chi connectivity index (χ2n) is 8.90. The van der Waals surface area contributed by atoms with Crippen LogP contribution in [-0.2, 0) is 12.0 Å². The highest BCUT2D eigenvalue weighted by Gasteiger charge is 2.22. The summed E-state index contributed by atoms with van der Waals surface area (Å²) in [5, 5.41) is 11.0. The molecule has 0 saturated carbocycles. The van der Waals surface area contributed by atoms with Crippen molar-refractivity contribution in [1.82, 2.24) is 30.1 Å². The maximum absolute atomic E-state index is 12.5. The summed E-state index contributed by atoms with van der Waals surface area (Å²) in [4.78, 5) is 28.8. The van der Waals surface area contributed by atoms with Crippen molar-refractivity contribution >= 4 is 11.8 Å². The number of nitrogens with one attached hydrogen (secondary N) is 1. The highest BCUT2D eigenvalue weighted by molar-refractivity contribution is 5.94. The zero-order chi connectivity index (χ0) is 21.7. The number of hydrogen-bond acceptors (Lipinski definition) is 5. The molecule has 1 aromatic carbocycles. The van der Waals surface area contributed by atoms with Gasteiger partial charge in [0.1, 0.15) is 0 Å². The molecule has 0 aliphatic carbocycles. The molecule has 1 saturated heterocycles. The summed E-state index contributed by atoms with van der Waals surface area (Å²) in [7, 11) is 2.05. The first-order chi connectivity index (χ1) is 14.2. The van der Waals surface area contributed by atoms with E-state index in [1.165, 1.54) is 5.56 Å². The monoisotopic (exact) mass is 412 g/mol. The standard InChI is InChI=1S/C22H32N6O2/c1-22(2,3)18-8-6-17(7-9-18)20(29)23-10-5-11-28-16-19(24-25-28)21(30)27-14-12-26(4)13-15-27/h6-9,16H,5,10-15H2,1-4H3,(H,23,29). The summed E-state index contributed by atoms with van der Waals surface area (Å²) < 4.78 is 1.66. The van der Waals surface area contributed by atoms with Crippen LogP contribution < -0.4 is 5.32 Å². The second-order valence-corrected chi connectivity index (χ2v) is 8.90. The van der Waals surface area contributed by atoms with Gasteiger partial charge in [-0.1, -0.05) is 38.1 Å². The molecule has 1 aromatic heterocycles. The lowest BCUT2D eigenvalue weighted by Gasteiger charge is -2.31. The largest absolute Gasteiger partial charge is 0.352 e. The molecule has 1 fully saturated rings. The molecule has 8 nitrogen and oxygen atoms in total. The van der Waals surface area contributed by atoms with Crippen LogP contribution in [0.3, 0.4) is 0 Å². The van der Waals surface area contributed by atoms with Crippen molar-refractivity contribution in [3.8, 4) is 0 Å². The van der Waals surface area contributed by atoms with E-state index in [-0.39, 0.29) is 17.2 Å². The summed E-state index contributed by atoms with van der Waals surface area (Å²) in [6, 6.07) is 7.74. The molecular formula is C22H32N6O2. The molecule has 0 bridgehead atoms. The molecule has 2 amide bonds. The number of carbonyl (C=O) groups is 2. The van der Waals surface area contributed by atoms with Crippen LogP contribution in [0, 0.1) is 0 Å². The van der Waals surface area contributed by atoms with E-state index in [0.717, 1.165) is 13.1 Å². The summed E-state index contributed by atoms with van der Waals surface area (Å²) >= 11 is 0. The Balaban J connectivity index is 1.42. The van der Waals surface area contributed by atoms with Gasteiger partial charge in [0.25, 0.3) is 11.8 Å². The van der Waals surface area contributed by atoms with E-state index >= 15 is 0 Å². The van der Waals surface area contributed by atoms with E-state index in [9.17, 15) is 9.59 Å². The van der Waals surface area contributed by atoms with Gasteiger partial charge < -0.3 is 15.1 Å². The van der Waals surface area contributed by atoms with Gasteiger partial charge >= 0.3 is 0 Å². The van der Waals surface area contributed by atoms with Gasteiger partial charge in [-0.3, -0.25) is 14.3 Å². The molecule has 0 spiro atoms. The Bertz CT molecular complexity index is 860. The number of benzene rings is 1. The normalized spacial score (nSPS) is 15.3. The summed E-state index contributed by atoms with van der Waals surface area (Å²) in [6.07, 6.45) is 2.39. The molecule has 1 aliphatic heterocycles. The highest BCUT2D eigenvalue weighted by Crippen LogP contribution is 2.22. The van der Waals surface area contributed by atoms with Crippen molar-refractivity contribution < 1.29 is 9.59 Å². The minimum absolute atomic E-state index is 0.0669. The third-order valence-corrected chi connectivity index (χ3v) is 5.41. The molecule has 1 aliphatic rings. The minimum atomic E-state index is -0.0833. The number of aromatic nitrogens is 3. The molecule has 0 radical (unpaired) electrons. The minimum Gasteiger partial charge on any atom is -0.352 e. The van der Waals surface area contributed by atoms with E-state index in [0.29, 0.717) is 43.9 Å². The van der Waals surface area contributed by atoms with Crippen molar-refractivity contribution in [2.45, 2.75) is 39.2 Å². The topological polar surface area (TPSA) is 83.4 Å². The van der Waals surface area contributed by atoms with Crippen molar-refractivity contribution in [2.24, 2.45) is 0 Å². The number of piperazine rings is 1. The van der Waals surface area contributed by atoms with Crippen LogP contribution in [0.1, 0.15) is 53.6 Å². The van der Waals surface area contributed by atoms with Gasteiger partial charge in [-0.05, 0) is 36.6 Å². The van der Waals surface area contributed by atoms with E-state index in [2.05, 4.69) is 48.3 Å². The molecule has 0 unspecified atom stereocenters. The first-order valence-electron chi connectivity index (χ1n) is 10.5. The Hall–Kier alpha value is -2.74. The van der Waals surface area contributed by atoms with Crippen LogP contribution in [-0.4, -0.2) is 76.4 Å². The average molecular weight is 413 g/mol. The third kappa shape index (κ3) is 5.66. The van der Waals surface area contributed by atoms with Crippen molar-refractivity contribution in [2.75, 3.05) is 39.8 Å². The fourth-order valence-electron chi connectivity index (χ4n) is 3.34. The molecule has 0 atom stereocenters. The average Bonchev–Trinajstić information content (AvgIpc) is 3.19. The lowest BCUT2D eigenvalue weighted by Crippen LogP contribution is -2.47. The molecular weight excluding hydrogens is 380 g/mol. The Morgan fingerprint density at radius 2 is 1.73 bits per heavy atom. The Labute approximate surface area is 178 Å². The van der Waals surface area contributed by atoms with Crippen LogP contribution in [0.4, 0.5) is 0 Å². The molecule has 1 N–H and O–H groups in total. The lowest BCUT2D eigenvalue weighted by molar-refractivity contribution is 0.0658. The smallest absolute Gasteiger partial charge is 0.276 e.